The number of nitrogens with zero attached hydrogens (tertiary/aromatic N) is 1. The first-order chi connectivity index (χ1) is 11.6. The second-order valence-electron chi connectivity index (χ2n) is 6.63. The van der Waals surface area contributed by atoms with Crippen molar-refractivity contribution >= 4 is 26.9 Å². The molecule has 0 heterocycles. The molecular formula is C18H24N2O4S. The van der Waals surface area contributed by atoms with E-state index >= 15 is 0 Å². The molecule has 0 atom stereocenters. The Labute approximate surface area is 148 Å². The molecule has 0 aliphatic heterocycles. The molecular weight excluding hydrogens is 340 g/mol. The summed E-state index contributed by atoms with van der Waals surface area (Å²) in [4.78, 5) is 12.6. The van der Waals surface area contributed by atoms with Crippen molar-refractivity contribution in [1.82, 2.24) is 9.62 Å². The van der Waals surface area contributed by atoms with Crippen molar-refractivity contribution < 1.29 is 18.3 Å². The van der Waals surface area contributed by atoms with Gasteiger partial charge in [0, 0.05) is 24.5 Å². The molecule has 0 aromatic heterocycles. The summed E-state index contributed by atoms with van der Waals surface area (Å²) in [5.74, 6) is 0. The molecule has 0 saturated heterocycles. The van der Waals surface area contributed by atoms with Gasteiger partial charge in [0.05, 0.1) is 4.90 Å². The zero-order valence-electron chi connectivity index (χ0n) is 14.7. The molecule has 0 fully saturated rings. The topological polar surface area (TPSA) is 86.7 Å². The highest BCUT2D eigenvalue weighted by atomic mass is 32.2. The van der Waals surface area contributed by atoms with Crippen LogP contribution in [0.15, 0.2) is 47.4 Å². The van der Waals surface area contributed by atoms with Crippen molar-refractivity contribution in [3.05, 3.63) is 42.5 Å². The Kier molecular flexibility index (Phi) is 5.69. The average molecular weight is 364 g/mol. The second kappa shape index (κ2) is 7.41. The highest BCUT2D eigenvalue weighted by Gasteiger charge is 2.27. The number of carboxylic acid groups (broad SMARTS) is 1. The van der Waals surface area contributed by atoms with Crippen LogP contribution in [0.5, 0.6) is 0 Å². The Bertz CT molecular complexity index is 857. The lowest BCUT2D eigenvalue weighted by atomic mass is 9.97. The Hall–Kier alpha value is -2.12. The van der Waals surface area contributed by atoms with E-state index in [1.165, 1.54) is 11.9 Å². The Morgan fingerprint density at radius 2 is 1.80 bits per heavy atom. The molecule has 6 nitrogen and oxygen atoms in total. The molecule has 0 spiro atoms. The summed E-state index contributed by atoms with van der Waals surface area (Å²) in [6.07, 6.45) is 0.0870. The van der Waals surface area contributed by atoms with Crippen LogP contribution in [0.1, 0.15) is 26.7 Å². The maximum atomic E-state index is 12.6. The standard InChI is InChI=1S/C18H24N2O4S/c1-18(2,20(3)17(21)22)12-7-13-19-25(23,24)16-11-6-9-14-8-4-5-10-15(14)16/h4-6,8-11,19H,7,12-13H2,1-3H3,(H,21,22). The number of fused-ring (bicyclic) bond motifs is 1. The number of hydrogen-bond donors (Lipinski definition) is 2. The highest BCUT2D eigenvalue weighted by Crippen LogP contribution is 2.23. The highest BCUT2D eigenvalue weighted by molar-refractivity contribution is 7.89. The largest absolute Gasteiger partial charge is 0.465 e. The van der Waals surface area contributed by atoms with Gasteiger partial charge in [0.1, 0.15) is 0 Å². The van der Waals surface area contributed by atoms with Crippen molar-refractivity contribution in [2.45, 2.75) is 37.1 Å². The van der Waals surface area contributed by atoms with Crippen LogP contribution >= 0.6 is 0 Å². The van der Waals surface area contributed by atoms with E-state index in [0.717, 1.165) is 5.39 Å². The summed E-state index contributed by atoms with van der Waals surface area (Å²) in [5.41, 5.74) is -0.559. The SMILES string of the molecule is CN(C(=O)O)C(C)(C)CCCNS(=O)(=O)c1cccc2ccccc12. The minimum absolute atomic E-state index is 0.252. The Balaban J connectivity index is 2.04. The average Bonchev–Trinajstić information content (AvgIpc) is 2.57. The van der Waals surface area contributed by atoms with E-state index in [4.69, 9.17) is 5.11 Å². The van der Waals surface area contributed by atoms with Crippen molar-refractivity contribution in [3.63, 3.8) is 0 Å². The predicted octanol–water partition coefficient (Wildman–Crippen LogP) is 3.29. The molecule has 0 saturated carbocycles. The van der Waals surface area contributed by atoms with Gasteiger partial charge >= 0.3 is 6.09 Å². The van der Waals surface area contributed by atoms with Gasteiger partial charge in [-0.05, 0) is 38.1 Å². The first kappa shape index (κ1) is 19.2. The fourth-order valence-electron chi connectivity index (χ4n) is 2.66. The first-order valence-corrected chi connectivity index (χ1v) is 9.58. The van der Waals surface area contributed by atoms with Gasteiger partial charge in [-0.25, -0.2) is 17.9 Å². The molecule has 1 amide bonds. The normalized spacial score (nSPS) is 12.3. The van der Waals surface area contributed by atoms with Gasteiger partial charge in [0.15, 0.2) is 0 Å². The third-order valence-corrected chi connectivity index (χ3v) is 6.01. The molecule has 0 unspecified atom stereocenters. The van der Waals surface area contributed by atoms with Gasteiger partial charge in [-0.15, -0.1) is 0 Å². The van der Waals surface area contributed by atoms with E-state index in [2.05, 4.69) is 4.72 Å². The van der Waals surface area contributed by atoms with Crippen LogP contribution < -0.4 is 4.72 Å². The van der Waals surface area contributed by atoms with Gasteiger partial charge < -0.3 is 10.0 Å². The van der Waals surface area contributed by atoms with Crippen LogP contribution in [0.4, 0.5) is 4.79 Å². The number of benzene rings is 2. The van der Waals surface area contributed by atoms with E-state index in [1.54, 1.807) is 18.2 Å². The molecule has 136 valence electrons. The number of sulfonamides is 1. The number of rotatable bonds is 7. The van der Waals surface area contributed by atoms with Crippen LogP contribution in [0.2, 0.25) is 0 Å². The quantitative estimate of drug-likeness (QED) is 0.738. The van der Waals surface area contributed by atoms with Gasteiger partial charge in [-0.1, -0.05) is 36.4 Å². The van der Waals surface area contributed by atoms with Crippen molar-refractivity contribution in [3.8, 4) is 0 Å². The van der Waals surface area contributed by atoms with Gasteiger partial charge in [-0.2, -0.15) is 0 Å². The zero-order valence-corrected chi connectivity index (χ0v) is 15.5. The van der Waals surface area contributed by atoms with Crippen LogP contribution in [0.25, 0.3) is 10.8 Å². The van der Waals surface area contributed by atoms with Crippen molar-refractivity contribution in [2.24, 2.45) is 0 Å². The molecule has 0 bridgehead atoms. The van der Waals surface area contributed by atoms with Gasteiger partial charge in [-0.3, -0.25) is 0 Å². The van der Waals surface area contributed by atoms with Gasteiger partial charge in [0.25, 0.3) is 0 Å². The van der Waals surface area contributed by atoms with Crippen LogP contribution in [0, 0.1) is 0 Å². The molecule has 7 heteroatoms. The van der Waals surface area contributed by atoms with Crippen LogP contribution in [0.3, 0.4) is 0 Å². The van der Waals surface area contributed by atoms with Crippen molar-refractivity contribution in [2.75, 3.05) is 13.6 Å². The minimum atomic E-state index is -3.62. The first-order valence-electron chi connectivity index (χ1n) is 8.09. The van der Waals surface area contributed by atoms with E-state index in [-0.39, 0.29) is 11.4 Å². The molecule has 2 rings (SSSR count). The lowest BCUT2D eigenvalue weighted by Crippen LogP contribution is -2.44. The van der Waals surface area contributed by atoms with Gasteiger partial charge in [0.2, 0.25) is 10.0 Å². The number of hydrogen-bond acceptors (Lipinski definition) is 3. The Morgan fingerprint density at radius 3 is 2.48 bits per heavy atom. The summed E-state index contributed by atoms with van der Waals surface area (Å²) < 4.78 is 27.8. The predicted molar refractivity (Wildman–Crippen MR) is 98.2 cm³/mol. The lowest BCUT2D eigenvalue weighted by molar-refractivity contribution is 0.105. The van der Waals surface area contributed by atoms with E-state index in [9.17, 15) is 13.2 Å². The molecule has 0 aliphatic carbocycles. The van der Waals surface area contributed by atoms with Crippen molar-refractivity contribution in [1.29, 1.82) is 0 Å². The summed E-state index contributed by atoms with van der Waals surface area (Å²) >= 11 is 0. The monoisotopic (exact) mass is 364 g/mol. The maximum Gasteiger partial charge on any atom is 0.407 e. The molecule has 0 aliphatic rings. The molecule has 0 radical (unpaired) electrons. The number of amides is 1. The lowest BCUT2D eigenvalue weighted by Gasteiger charge is -2.33. The van der Waals surface area contributed by atoms with E-state index in [1.807, 2.05) is 38.1 Å². The molecule has 2 N–H and O–H groups in total. The second-order valence-corrected chi connectivity index (χ2v) is 8.37. The van der Waals surface area contributed by atoms with E-state index < -0.39 is 21.7 Å². The third kappa shape index (κ3) is 4.49. The van der Waals surface area contributed by atoms with Crippen LogP contribution in [-0.4, -0.2) is 43.6 Å². The number of carbonyl (C=O) groups is 1. The van der Waals surface area contributed by atoms with Crippen LogP contribution in [-0.2, 0) is 10.0 Å². The molecule has 25 heavy (non-hydrogen) atoms. The zero-order chi connectivity index (χ0) is 18.7. The molecule has 2 aromatic carbocycles. The molecule has 2 aromatic rings. The summed E-state index contributed by atoms with van der Waals surface area (Å²) in [7, 11) is -2.10. The Morgan fingerprint density at radius 1 is 1.16 bits per heavy atom. The third-order valence-electron chi connectivity index (χ3n) is 4.49. The summed E-state index contributed by atoms with van der Waals surface area (Å²) in [6.45, 7) is 3.89. The maximum absolute atomic E-state index is 12.6. The fourth-order valence-corrected chi connectivity index (χ4v) is 3.96. The summed E-state index contributed by atoms with van der Waals surface area (Å²) in [5, 5.41) is 10.6. The fraction of sp³-hybridized carbons (Fsp3) is 0.389. The minimum Gasteiger partial charge on any atom is -0.465 e. The smallest absolute Gasteiger partial charge is 0.407 e. The summed E-state index contributed by atoms with van der Waals surface area (Å²) in [6, 6.07) is 12.5. The number of nitrogens with one attached hydrogen (secondary N) is 1. The van der Waals surface area contributed by atoms with E-state index in [0.29, 0.717) is 18.2 Å².